The second-order valence-electron chi connectivity index (χ2n) is 5.20. The number of rotatable bonds is 3. The molecule has 0 unspecified atom stereocenters. The van der Waals surface area contributed by atoms with Gasteiger partial charge in [0.1, 0.15) is 5.82 Å². The Bertz CT molecular complexity index is 419. The van der Waals surface area contributed by atoms with Gasteiger partial charge in [-0.3, -0.25) is 4.79 Å². The molecule has 1 N–H and O–H groups in total. The first-order valence-corrected chi connectivity index (χ1v) is 6.85. The molecule has 4 heteroatoms. The summed E-state index contributed by atoms with van der Waals surface area (Å²) in [4.78, 5) is 18.5. The Morgan fingerprint density at radius 2 is 2.00 bits per heavy atom. The van der Waals surface area contributed by atoms with E-state index >= 15 is 0 Å². The van der Waals surface area contributed by atoms with Crippen LogP contribution in [0.25, 0.3) is 0 Å². The zero-order valence-corrected chi connectivity index (χ0v) is 10.6. The molecule has 2 heterocycles. The molecular formula is C14H19N3O. The Morgan fingerprint density at radius 1 is 1.22 bits per heavy atom. The normalized spacial score (nSPS) is 19.7. The molecule has 2 aliphatic rings. The number of anilines is 1. The molecule has 4 nitrogen and oxygen atoms in total. The molecule has 2 fully saturated rings. The van der Waals surface area contributed by atoms with Gasteiger partial charge in [0.25, 0.3) is 5.91 Å². The summed E-state index contributed by atoms with van der Waals surface area (Å²) >= 11 is 0. The largest absolute Gasteiger partial charge is 0.367 e. The predicted molar refractivity (Wildman–Crippen MR) is 70.6 cm³/mol. The first-order valence-electron chi connectivity index (χ1n) is 6.85. The number of carbonyl (C=O) groups excluding carboxylic acids is 1. The molecule has 1 saturated heterocycles. The number of pyridine rings is 1. The first-order chi connectivity index (χ1) is 8.83. The average molecular weight is 245 g/mol. The van der Waals surface area contributed by atoms with Gasteiger partial charge >= 0.3 is 0 Å². The summed E-state index contributed by atoms with van der Waals surface area (Å²) in [6, 6.07) is 4.39. The highest BCUT2D eigenvalue weighted by molar-refractivity contribution is 5.94. The van der Waals surface area contributed by atoms with Crippen molar-refractivity contribution in [3.8, 4) is 0 Å². The SMILES string of the molecule is O=C(c1ccc(NC2CC2)nc1)N1CCCCC1. The fourth-order valence-electron chi connectivity index (χ4n) is 2.32. The third-order valence-corrected chi connectivity index (χ3v) is 3.58. The highest BCUT2D eigenvalue weighted by Crippen LogP contribution is 2.23. The zero-order valence-electron chi connectivity index (χ0n) is 10.6. The number of carbonyl (C=O) groups is 1. The van der Waals surface area contributed by atoms with Crippen LogP contribution in [0.5, 0.6) is 0 Å². The van der Waals surface area contributed by atoms with Gasteiger partial charge in [-0.05, 0) is 44.2 Å². The minimum Gasteiger partial charge on any atom is -0.367 e. The first kappa shape index (κ1) is 11.5. The molecule has 3 rings (SSSR count). The zero-order chi connectivity index (χ0) is 12.4. The molecule has 1 amide bonds. The summed E-state index contributed by atoms with van der Waals surface area (Å²) in [5.74, 6) is 1.01. The minimum atomic E-state index is 0.125. The average Bonchev–Trinajstić information content (AvgIpc) is 3.24. The van der Waals surface area contributed by atoms with E-state index in [9.17, 15) is 4.79 Å². The van der Waals surface area contributed by atoms with E-state index in [1.165, 1.54) is 19.3 Å². The Hall–Kier alpha value is -1.58. The van der Waals surface area contributed by atoms with Gasteiger partial charge in [0.05, 0.1) is 5.56 Å². The van der Waals surface area contributed by atoms with Crippen molar-refractivity contribution in [2.45, 2.75) is 38.1 Å². The number of piperidine rings is 1. The van der Waals surface area contributed by atoms with Crippen molar-refractivity contribution in [2.24, 2.45) is 0 Å². The van der Waals surface area contributed by atoms with Crippen LogP contribution in [0.15, 0.2) is 18.3 Å². The van der Waals surface area contributed by atoms with Crippen LogP contribution >= 0.6 is 0 Å². The highest BCUT2D eigenvalue weighted by atomic mass is 16.2. The van der Waals surface area contributed by atoms with Crippen molar-refractivity contribution in [1.29, 1.82) is 0 Å². The molecule has 0 aromatic carbocycles. The molecule has 0 spiro atoms. The number of amides is 1. The Labute approximate surface area is 107 Å². The van der Waals surface area contributed by atoms with E-state index in [0.29, 0.717) is 11.6 Å². The molecule has 1 aliphatic carbocycles. The van der Waals surface area contributed by atoms with Gasteiger partial charge in [0.15, 0.2) is 0 Å². The van der Waals surface area contributed by atoms with Gasteiger partial charge in [-0.2, -0.15) is 0 Å². The van der Waals surface area contributed by atoms with Crippen molar-refractivity contribution in [3.63, 3.8) is 0 Å². The van der Waals surface area contributed by atoms with Gasteiger partial charge in [0, 0.05) is 25.3 Å². The third kappa shape index (κ3) is 2.63. The molecule has 1 aromatic rings. The monoisotopic (exact) mass is 245 g/mol. The van der Waals surface area contributed by atoms with Crippen LogP contribution in [0, 0.1) is 0 Å². The van der Waals surface area contributed by atoms with Crippen LogP contribution in [0.3, 0.4) is 0 Å². The maximum Gasteiger partial charge on any atom is 0.255 e. The maximum atomic E-state index is 12.2. The van der Waals surface area contributed by atoms with E-state index in [1.807, 2.05) is 17.0 Å². The van der Waals surface area contributed by atoms with Gasteiger partial charge in [0.2, 0.25) is 0 Å². The van der Waals surface area contributed by atoms with Crippen LogP contribution in [-0.2, 0) is 0 Å². The standard InChI is InChI=1S/C14H19N3O/c18-14(17-8-2-1-3-9-17)11-4-7-13(15-10-11)16-12-5-6-12/h4,7,10,12H,1-3,5-6,8-9H2,(H,15,16). The van der Waals surface area contributed by atoms with E-state index in [2.05, 4.69) is 10.3 Å². The number of aromatic nitrogens is 1. The smallest absolute Gasteiger partial charge is 0.255 e. The van der Waals surface area contributed by atoms with Crippen molar-refractivity contribution in [3.05, 3.63) is 23.9 Å². The summed E-state index contributed by atoms with van der Waals surface area (Å²) in [6.45, 7) is 1.78. The topological polar surface area (TPSA) is 45.2 Å². The lowest BCUT2D eigenvalue weighted by Gasteiger charge is -2.26. The van der Waals surface area contributed by atoms with Crippen LogP contribution in [-0.4, -0.2) is 34.9 Å². The molecule has 0 atom stereocenters. The van der Waals surface area contributed by atoms with E-state index in [1.54, 1.807) is 6.20 Å². The number of nitrogens with one attached hydrogen (secondary N) is 1. The summed E-state index contributed by atoms with van der Waals surface area (Å²) in [7, 11) is 0. The lowest BCUT2D eigenvalue weighted by Crippen LogP contribution is -2.35. The van der Waals surface area contributed by atoms with E-state index in [-0.39, 0.29) is 5.91 Å². The lowest BCUT2D eigenvalue weighted by molar-refractivity contribution is 0.0724. The predicted octanol–water partition coefficient (Wildman–Crippen LogP) is 2.28. The Kier molecular flexibility index (Phi) is 3.17. The fraction of sp³-hybridized carbons (Fsp3) is 0.571. The van der Waals surface area contributed by atoms with Gasteiger partial charge in [-0.15, -0.1) is 0 Å². The van der Waals surface area contributed by atoms with Crippen LogP contribution in [0.4, 0.5) is 5.82 Å². The number of hydrogen-bond donors (Lipinski definition) is 1. The minimum absolute atomic E-state index is 0.125. The summed E-state index contributed by atoms with van der Waals surface area (Å²) in [5, 5.41) is 3.33. The summed E-state index contributed by atoms with van der Waals surface area (Å²) in [6.07, 6.45) is 7.65. The van der Waals surface area contributed by atoms with Gasteiger partial charge in [-0.25, -0.2) is 4.98 Å². The highest BCUT2D eigenvalue weighted by Gasteiger charge is 2.22. The number of hydrogen-bond acceptors (Lipinski definition) is 3. The molecular weight excluding hydrogens is 226 g/mol. The van der Waals surface area contributed by atoms with Gasteiger partial charge < -0.3 is 10.2 Å². The van der Waals surface area contributed by atoms with Crippen molar-refractivity contribution >= 4 is 11.7 Å². The van der Waals surface area contributed by atoms with E-state index in [0.717, 1.165) is 31.7 Å². The summed E-state index contributed by atoms with van der Waals surface area (Å²) in [5.41, 5.74) is 0.707. The van der Waals surface area contributed by atoms with Crippen molar-refractivity contribution < 1.29 is 4.79 Å². The molecule has 1 aliphatic heterocycles. The second kappa shape index (κ2) is 4.96. The van der Waals surface area contributed by atoms with E-state index < -0.39 is 0 Å². The molecule has 0 radical (unpaired) electrons. The van der Waals surface area contributed by atoms with Gasteiger partial charge in [-0.1, -0.05) is 0 Å². The van der Waals surface area contributed by atoms with E-state index in [4.69, 9.17) is 0 Å². The van der Waals surface area contributed by atoms with Crippen molar-refractivity contribution in [2.75, 3.05) is 18.4 Å². The second-order valence-corrected chi connectivity index (χ2v) is 5.20. The molecule has 1 saturated carbocycles. The maximum absolute atomic E-state index is 12.2. The van der Waals surface area contributed by atoms with Crippen molar-refractivity contribution in [1.82, 2.24) is 9.88 Å². The van der Waals surface area contributed by atoms with Crippen LogP contribution in [0.2, 0.25) is 0 Å². The molecule has 0 bridgehead atoms. The van der Waals surface area contributed by atoms with Crippen LogP contribution in [0.1, 0.15) is 42.5 Å². The number of nitrogens with zero attached hydrogens (tertiary/aromatic N) is 2. The quantitative estimate of drug-likeness (QED) is 0.888. The molecule has 1 aromatic heterocycles. The number of likely N-dealkylation sites (tertiary alicyclic amines) is 1. The molecule has 18 heavy (non-hydrogen) atoms. The Balaban J connectivity index is 1.65. The van der Waals surface area contributed by atoms with Crippen LogP contribution < -0.4 is 5.32 Å². The lowest BCUT2D eigenvalue weighted by atomic mass is 10.1. The third-order valence-electron chi connectivity index (χ3n) is 3.58. The fourth-order valence-corrected chi connectivity index (χ4v) is 2.32. The molecule has 96 valence electrons. The summed E-state index contributed by atoms with van der Waals surface area (Å²) < 4.78 is 0. The Morgan fingerprint density at radius 3 is 2.61 bits per heavy atom.